The van der Waals surface area contributed by atoms with Crippen molar-refractivity contribution in [2.75, 3.05) is 29.9 Å². The molecule has 1 unspecified atom stereocenters. The summed E-state index contributed by atoms with van der Waals surface area (Å²) in [5, 5.41) is 2.69. The molecule has 0 bridgehead atoms. The lowest BCUT2D eigenvalue weighted by atomic mass is 10.1. The molecule has 9 heteroatoms. The maximum atomic E-state index is 13.3. The highest BCUT2D eigenvalue weighted by atomic mass is 19.4. The molecule has 0 spiro atoms. The van der Waals surface area contributed by atoms with Gasteiger partial charge in [-0.25, -0.2) is 0 Å². The van der Waals surface area contributed by atoms with Crippen molar-refractivity contribution < 1.29 is 22.8 Å². The van der Waals surface area contributed by atoms with Crippen molar-refractivity contribution in [3.8, 4) is 0 Å². The number of rotatable bonds is 5. The molecule has 170 valence electrons. The van der Waals surface area contributed by atoms with Gasteiger partial charge in [0.1, 0.15) is 0 Å². The summed E-state index contributed by atoms with van der Waals surface area (Å²) < 4.78 is 39.9. The van der Waals surface area contributed by atoms with E-state index in [1.54, 1.807) is 23.2 Å². The van der Waals surface area contributed by atoms with Crippen LogP contribution in [0, 0.1) is 5.92 Å². The van der Waals surface area contributed by atoms with Gasteiger partial charge in [0, 0.05) is 32.3 Å². The Balaban J connectivity index is 1.50. The Bertz CT molecular complexity index is 975. The summed E-state index contributed by atoms with van der Waals surface area (Å²) in [4.78, 5) is 33.1. The smallest absolute Gasteiger partial charge is 0.370 e. The molecule has 1 aromatic carbocycles. The van der Waals surface area contributed by atoms with E-state index in [1.165, 1.54) is 6.07 Å². The normalized spacial score (nSPS) is 19.3. The molecule has 1 N–H and O–H groups in total. The van der Waals surface area contributed by atoms with Gasteiger partial charge in [-0.15, -0.1) is 0 Å². The fourth-order valence-corrected chi connectivity index (χ4v) is 4.25. The minimum Gasteiger partial charge on any atom is -0.370 e. The molecule has 32 heavy (non-hydrogen) atoms. The average molecular weight is 446 g/mol. The Morgan fingerprint density at radius 2 is 1.91 bits per heavy atom. The lowest BCUT2D eigenvalue weighted by Gasteiger charge is -2.31. The Labute approximate surface area is 184 Å². The van der Waals surface area contributed by atoms with Crippen molar-refractivity contribution in [1.29, 1.82) is 0 Å². The van der Waals surface area contributed by atoms with Crippen LogP contribution in [0.3, 0.4) is 0 Å². The van der Waals surface area contributed by atoms with Gasteiger partial charge in [0.05, 0.1) is 35.1 Å². The number of carbonyl (C=O) groups is 2. The van der Waals surface area contributed by atoms with Gasteiger partial charge in [0.2, 0.25) is 11.8 Å². The molecular formula is C23H25F3N4O2. The molecule has 3 heterocycles. The van der Waals surface area contributed by atoms with Gasteiger partial charge in [-0.05, 0) is 49.6 Å². The van der Waals surface area contributed by atoms with E-state index >= 15 is 0 Å². The van der Waals surface area contributed by atoms with Crippen LogP contribution >= 0.6 is 0 Å². The van der Waals surface area contributed by atoms with Crippen LogP contribution in [0.5, 0.6) is 0 Å². The largest absolute Gasteiger partial charge is 0.416 e. The van der Waals surface area contributed by atoms with E-state index in [0.717, 1.165) is 44.5 Å². The second-order valence-electron chi connectivity index (χ2n) is 8.26. The molecule has 2 amide bonds. The van der Waals surface area contributed by atoms with E-state index in [4.69, 9.17) is 0 Å². The zero-order valence-electron chi connectivity index (χ0n) is 17.6. The number of carbonyl (C=O) groups excluding carboxylic acids is 2. The predicted octanol–water partition coefficient (Wildman–Crippen LogP) is 4.08. The van der Waals surface area contributed by atoms with Gasteiger partial charge in [-0.3, -0.25) is 14.6 Å². The van der Waals surface area contributed by atoms with E-state index in [1.807, 2.05) is 11.0 Å². The van der Waals surface area contributed by atoms with Crippen LogP contribution in [0.1, 0.15) is 36.9 Å². The third-order valence-electron chi connectivity index (χ3n) is 5.94. The summed E-state index contributed by atoms with van der Waals surface area (Å²) in [6.07, 6.45) is 0.131. The van der Waals surface area contributed by atoms with Gasteiger partial charge in [0.25, 0.3) is 0 Å². The maximum absolute atomic E-state index is 13.3. The summed E-state index contributed by atoms with van der Waals surface area (Å²) in [7, 11) is 0. The molecule has 2 fully saturated rings. The summed E-state index contributed by atoms with van der Waals surface area (Å²) in [5.41, 5.74) is 0.628. The fraction of sp³-hybridized carbons (Fsp3) is 0.435. The average Bonchev–Trinajstić information content (AvgIpc) is 3.15. The van der Waals surface area contributed by atoms with E-state index in [-0.39, 0.29) is 24.6 Å². The number of likely N-dealkylation sites (tertiary alicyclic amines) is 1. The molecule has 1 aromatic heterocycles. The number of nitrogens with one attached hydrogen (secondary N) is 1. The number of piperidine rings is 1. The fourth-order valence-electron chi connectivity index (χ4n) is 4.25. The van der Waals surface area contributed by atoms with Gasteiger partial charge in [-0.1, -0.05) is 6.07 Å². The number of pyridine rings is 1. The number of nitrogens with zero attached hydrogens (tertiary/aromatic N) is 3. The molecule has 2 aliphatic rings. The van der Waals surface area contributed by atoms with Crippen LogP contribution in [0.25, 0.3) is 0 Å². The Hall–Kier alpha value is -3.10. The number of hydrogen-bond donors (Lipinski definition) is 1. The van der Waals surface area contributed by atoms with Crippen LogP contribution < -0.4 is 10.2 Å². The summed E-state index contributed by atoms with van der Waals surface area (Å²) >= 11 is 0. The first-order valence-electron chi connectivity index (χ1n) is 10.8. The minimum absolute atomic E-state index is 0.0245. The monoisotopic (exact) mass is 446 g/mol. The molecule has 0 saturated carbocycles. The first-order chi connectivity index (χ1) is 15.3. The molecule has 2 aromatic rings. The number of amides is 2. The van der Waals surface area contributed by atoms with E-state index in [0.29, 0.717) is 17.9 Å². The SMILES string of the molecule is O=C(Nc1cc(C(F)(F)F)ccc1N1CCCCC1)C1CC(=O)N(Cc2ccccn2)C1. The van der Waals surface area contributed by atoms with Crippen LogP contribution in [0.15, 0.2) is 42.6 Å². The minimum atomic E-state index is -4.51. The number of hydrogen-bond acceptors (Lipinski definition) is 4. The quantitative estimate of drug-likeness (QED) is 0.752. The van der Waals surface area contributed by atoms with Gasteiger partial charge in [-0.2, -0.15) is 13.2 Å². The van der Waals surface area contributed by atoms with Crippen LogP contribution in [0.4, 0.5) is 24.5 Å². The third-order valence-corrected chi connectivity index (χ3v) is 5.94. The highest BCUT2D eigenvalue weighted by Crippen LogP contribution is 2.37. The summed E-state index contributed by atoms with van der Waals surface area (Å²) in [6.45, 7) is 1.97. The lowest BCUT2D eigenvalue weighted by Crippen LogP contribution is -2.32. The summed E-state index contributed by atoms with van der Waals surface area (Å²) in [6, 6.07) is 8.87. The Kier molecular flexibility index (Phi) is 6.34. The zero-order valence-corrected chi connectivity index (χ0v) is 17.6. The van der Waals surface area contributed by atoms with E-state index in [9.17, 15) is 22.8 Å². The van der Waals surface area contributed by atoms with Crippen molar-refractivity contribution in [2.45, 2.75) is 38.4 Å². The van der Waals surface area contributed by atoms with E-state index < -0.39 is 23.6 Å². The van der Waals surface area contributed by atoms with Gasteiger partial charge < -0.3 is 15.1 Å². The molecular weight excluding hydrogens is 421 g/mol. The molecule has 0 radical (unpaired) electrons. The van der Waals surface area contributed by atoms with Gasteiger partial charge >= 0.3 is 6.18 Å². The first kappa shape index (κ1) is 22.1. The topological polar surface area (TPSA) is 65.5 Å². The highest BCUT2D eigenvalue weighted by Gasteiger charge is 2.36. The number of benzene rings is 1. The molecule has 1 atom stereocenters. The predicted molar refractivity (Wildman–Crippen MR) is 114 cm³/mol. The number of halogens is 3. The molecule has 2 saturated heterocycles. The van der Waals surface area contributed by atoms with Crippen molar-refractivity contribution in [1.82, 2.24) is 9.88 Å². The molecule has 2 aliphatic heterocycles. The first-order valence-corrected chi connectivity index (χ1v) is 10.8. The van der Waals surface area contributed by atoms with Crippen LogP contribution in [0.2, 0.25) is 0 Å². The number of alkyl halides is 3. The zero-order chi connectivity index (χ0) is 22.7. The van der Waals surface area contributed by atoms with Crippen molar-refractivity contribution in [3.05, 3.63) is 53.9 Å². The second kappa shape index (κ2) is 9.18. The Morgan fingerprint density at radius 1 is 1.12 bits per heavy atom. The standard InChI is InChI=1S/C23H25F3N4O2/c24-23(25,26)17-7-8-20(29-10-4-1-5-11-29)19(13-17)28-22(32)16-12-21(31)30(14-16)15-18-6-2-3-9-27-18/h2-3,6-9,13,16H,1,4-5,10-12,14-15H2,(H,28,32). The lowest BCUT2D eigenvalue weighted by molar-refractivity contribution is -0.137. The molecule has 6 nitrogen and oxygen atoms in total. The van der Waals surface area contributed by atoms with Crippen molar-refractivity contribution >= 4 is 23.2 Å². The van der Waals surface area contributed by atoms with Crippen molar-refractivity contribution in [2.24, 2.45) is 5.92 Å². The second-order valence-corrected chi connectivity index (χ2v) is 8.26. The Morgan fingerprint density at radius 3 is 2.59 bits per heavy atom. The summed E-state index contributed by atoms with van der Waals surface area (Å²) in [5.74, 6) is -1.24. The third kappa shape index (κ3) is 5.03. The van der Waals surface area contributed by atoms with Crippen LogP contribution in [-0.2, 0) is 22.3 Å². The van der Waals surface area contributed by atoms with Gasteiger partial charge in [0.15, 0.2) is 0 Å². The number of aromatic nitrogens is 1. The highest BCUT2D eigenvalue weighted by molar-refractivity contribution is 5.99. The van der Waals surface area contributed by atoms with Crippen molar-refractivity contribution in [3.63, 3.8) is 0 Å². The number of anilines is 2. The maximum Gasteiger partial charge on any atom is 0.416 e. The van der Waals surface area contributed by atoms with Crippen LogP contribution in [-0.4, -0.2) is 41.3 Å². The molecule has 0 aliphatic carbocycles. The van der Waals surface area contributed by atoms with E-state index in [2.05, 4.69) is 10.3 Å². The molecule has 4 rings (SSSR count).